The highest BCUT2D eigenvalue weighted by Crippen LogP contribution is 2.18. The van der Waals surface area contributed by atoms with E-state index in [1.54, 1.807) is 24.4 Å². The van der Waals surface area contributed by atoms with Crippen molar-refractivity contribution in [3.05, 3.63) is 59.3 Å². The van der Waals surface area contributed by atoms with Gasteiger partial charge in [0, 0.05) is 18.3 Å². The number of anilines is 1. The average Bonchev–Trinajstić information content (AvgIpc) is 2.47. The number of amides is 1. The molecule has 0 aliphatic carbocycles. The Balaban J connectivity index is 2.37. The summed E-state index contributed by atoms with van der Waals surface area (Å²) in [6.07, 6.45) is 1.48. The molecule has 0 saturated heterocycles. The summed E-state index contributed by atoms with van der Waals surface area (Å²) >= 11 is 0. The normalized spacial score (nSPS) is 10.3. The molecule has 0 fully saturated rings. The Morgan fingerprint density at radius 1 is 1.18 bits per heavy atom. The van der Waals surface area contributed by atoms with E-state index in [4.69, 9.17) is 5.11 Å². The topological polar surface area (TPSA) is 70.5 Å². The second-order valence-electron chi connectivity index (χ2n) is 5.11. The SMILES string of the molecule is Cc1ccnc(N(CCC(=O)O)C(=O)c2ccccc2C)c1. The Labute approximate surface area is 129 Å². The smallest absolute Gasteiger partial charge is 0.305 e. The minimum absolute atomic E-state index is 0.0823. The fourth-order valence-electron chi connectivity index (χ4n) is 2.15. The van der Waals surface area contributed by atoms with Crippen LogP contribution >= 0.6 is 0 Å². The van der Waals surface area contributed by atoms with E-state index in [2.05, 4.69) is 4.98 Å². The number of nitrogens with zero attached hydrogens (tertiary/aromatic N) is 2. The van der Waals surface area contributed by atoms with Crippen molar-refractivity contribution in [3.63, 3.8) is 0 Å². The minimum Gasteiger partial charge on any atom is -0.481 e. The zero-order valence-corrected chi connectivity index (χ0v) is 12.6. The summed E-state index contributed by atoms with van der Waals surface area (Å²) in [5, 5.41) is 8.91. The zero-order chi connectivity index (χ0) is 16.1. The number of rotatable bonds is 5. The Hall–Kier alpha value is -2.69. The molecule has 0 bridgehead atoms. The van der Waals surface area contributed by atoms with Crippen LogP contribution in [0.5, 0.6) is 0 Å². The Bertz CT molecular complexity index is 698. The number of hydrogen-bond donors (Lipinski definition) is 1. The molecule has 2 aromatic rings. The Kier molecular flexibility index (Phi) is 4.88. The molecule has 5 nitrogen and oxygen atoms in total. The molecular weight excluding hydrogens is 280 g/mol. The van der Waals surface area contributed by atoms with Gasteiger partial charge in [0.15, 0.2) is 0 Å². The number of aromatic nitrogens is 1. The van der Waals surface area contributed by atoms with E-state index < -0.39 is 5.97 Å². The number of carbonyl (C=O) groups is 2. The first-order valence-electron chi connectivity index (χ1n) is 7.01. The molecule has 0 radical (unpaired) electrons. The van der Waals surface area contributed by atoms with Gasteiger partial charge in [-0.05, 0) is 43.2 Å². The van der Waals surface area contributed by atoms with Crippen molar-refractivity contribution >= 4 is 17.7 Å². The lowest BCUT2D eigenvalue weighted by molar-refractivity contribution is -0.136. The molecule has 1 heterocycles. The quantitative estimate of drug-likeness (QED) is 0.921. The molecule has 0 unspecified atom stereocenters. The first-order valence-corrected chi connectivity index (χ1v) is 7.01. The van der Waals surface area contributed by atoms with Crippen molar-refractivity contribution in [1.29, 1.82) is 0 Å². The van der Waals surface area contributed by atoms with Crippen LogP contribution in [0.2, 0.25) is 0 Å². The molecule has 0 saturated carbocycles. The molecule has 0 atom stereocenters. The van der Waals surface area contributed by atoms with Crippen LogP contribution in [0.1, 0.15) is 27.9 Å². The first-order chi connectivity index (χ1) is 10.5. The molecular formula is C17H18N2O3. The summed E-state index contributed by atoms with van der Waals surface area (Å²) in [4.78, 5) is 29.3. The van der Waals surface area contributed by atoms with E-state index in [9.17, 15) is 9.59 Å². The molecule has 1 amide bonds. The highest BCUT2D eigenvalue weighted by atomic mass is 16.4. The summed E-state index contributed by atoms with van der Waals surface area (Å²) in [6, 6.07) is 10.8. The van der Waals surface area contributed by atoms with Crippen LogP contribution in [-0.4, -0.2) is 28.5 Å². The molecule has 22 heavy (non-hydrogen) atoms. The maximum absolute atomic E-state index is 12.8. The fraction of sp³-hybridized carbons (Fsp3) is 0.235. The predicted molar refractivity (Wildman–Crippen MR) is 84.1 cm³/mol. The van der Waals surface area contributed by atoms with Gasteiger partial charge < -0.3 is 5.11 Å². The third-order valence-electron chi connectivity index (χ3n) is 3.35. The molecule has 1 aromatic carbocycles. The number of aliphatic carboxylic acids is 1. The van der Waals surface area contributed by atoms with Gasteiger partial charge in [0.2, 0.25) is 0 Å². The number of carboxylic acid groups (broad SMARTS) is 1. The van der Waals surface area contributed by atoms with Crippen LogP contribution in [-0.2, 0) is 4.79 Å². The van der Waals surface area contributed by atoms with Crippen LogP contribution in [0, 0.1) is 13.8 Å². The van der Waals surface area contributed by atoms with Gasteiger partial charge in [0.05, 0.1) is 6.42 Å². The van der Waals surface area contributed by atoms with E-state index in [-0.39, 0.29) is 18.9 Å². The third kappa shape index (κ3) is 3.69. The molecule has 2 rings (SSSR count). The highest BCUT2D eigenvalue weighted by molar-refractivity contribution is 6.06. The van der Waals surface area contributed by atoms with Gasteiger partial charge in [-0.1, -0.05) is 18.2 Å². The van der Waals surface area contributed by atoms with Crippen LogP contribution in [0.4, 0.5) is 5.82 Å². The van der Waals surface area contributed by atoms with Crippen molar-refractivity contribution in [1.82, 2.24) is 4.98 Å². The number of carbonyl (C=O) groups excluding carboxylic acids is 1. The maximum Gasteiger partial charge on any atom is 0.305 e. The van der Waals surface area contributed by atoms with Crippen molar-refractivity contribution < 1.29 is 14.7 Å². The van der Waals surface area contributed by atoms with Gasteiger partial charge in [0.25, 0.3) is 5.91 Å². The maximum atomic E-state index is 12.8. The van der Waals surface area contributed by atoms with Gasteiger partial charge in [-0.25, -0.2) is 4.98 Å². The monoisotopic (exact) mass is 298 g/mol. The average molecular weight is 298 g/mol. The number of carboxylic acids is 1. The summed E-state index contributed by atoms with van der Waals surface area (Å²) in [5.74, 6) is -0.720. The zero-order valence-electron chi connectivity index (χ0n) is 12.6. The van der Waals surface area contributed by atoms with Crippen molar-refractivity contribution in [2.75, 3.05) is 11.4 Å². The number of hydrogen-bond acceptors (Lipinski definition) is 3. The van der Waals surface area contributed by atoms with E-state index in [1.165, 1.54) is 4.90 Å². The minimum atomic E-state index is -0.949. The Morgan fingerprint density at radius 2 is 1.91 bits per heavy atom. The second kappa shape index (κ2) is 6.85. The molecule has 1 N–H and O–H groups in total. The summed E-state index contributed by atoms with van der Waals surface area (Å²) < 4.78 is 0. The number of pyridine rings is 1. The lowest BCUT2D eigenvalue weighted by Gasteiger charge is -2.22. The summed E-state index contributed by atoms with van der Waals surface area (Å²) in [5.41, 5.74) is 2.36. The van der Waals surface area contributed by atoms with Gasteiger partial charge >= 0.3 is 5.97 Å². The Morgan fingerprint density at radius 3 is 2.55 bits per heavy atom. The molecule has 0 spiro atoms. The lowest BCUT2D eigenvalue weighted by atomic mass is 10.1. The fourth-order valence-corrected chi connectivity index (χ4v) is 2.15. The largest absolute Gasteiger partial charge is 0.481 e. The van der Waals surface area contributed by atoms with E-state index in [0.29, 0.717) is 11.4 Å². The first kappa shape index (κ1) is 15.7. The molecule has 0 aliphatic heterocycles. The van der Waals surface area contributed by atoms with Crippen LogP contribution in [0.15, 0.2) is 42.6 Å². The van der Waals surface area contributed by atoms with Crippen molar-refractivity contribution in [2.45, 2.75) is 20.3 Å². The van der Waals surface area contributed by atoms with Gasteiger partial charge in [-0.3, -0.25) is 14.5 Å². The van der Waals surface area contributed by atoms with Crippen molar-refractivity contribution in [3.8, 4) is 0 Å². The van der Waals surface area contributed by atoms with Crippen LogP contribution in [0.25, 0.3) is 0 Å². The van der Waals surface area contributed by atoms with Gasteiger partial charge in [0.1, 0.15) is 5.82 Å². The standard InChI is InChI=1S/C17H18N2O3/c1-12-7-9-18-15(11-12)19(10-8-16(20)21)17(22)14-6-4-3-5-13(14)2/h3-7,9,11H,8,10H2,1-2H3,(H,20,21). The van der Waals surface area contributed by atoms with E-state index >= 15 is 0 Å². The summed E-state index contributed by atoms with van der Waals surface area (Å²) in [7, 11) is 0. The van der Waals surface area contributed by atoms with Crippen LogP contribution < -0.4 is 4.90 Å². The van der Waals surface area contributed by atoms with Crippen molar-refractivity contribution in [2.24, 2.45) is 0 Å². The molecule has 0 aliphatic rings. The lowest BCUT2D eigenvalue weighted by Crippen LogP contribution is -2.34. The summed E-state index contributed by atoms with van der Waals surface area (Å²) in [6.45, 7) is 3.84. The van der Waals surface area contributed by atoms with E-state index in [1.807, 2.05) is 32.0 Å². The molecule has 1 aromatic heterocycles. The number of aryl methyl sites for hydroxylation is 2. The molecule has 5 heteroatoms. The van der Waals surface area contributed by atoms with Gasteiger partial charge in [-0.2, -0.15) is 0 Å². The molecule has 114 valence electrons. The van der Waals surface area contributed by atoms with E-state index in [0.717, 1.165) is 11.1 Å². The number of benzene rings is 1. The second-order valence-corrected chi connectivity index (χ2v) is 5.11. The predicted octanol–water partition coefficient (Wildman–Crippen LogP) is 2.82. The third-order valence-corrected chi connectivity index (χ3v) is 3.35. The van der Waals surface area contributed by atoms with Crippen LogP contribution in [0.3, 0.4) is 0 Å². The highest BCUT2D eigenvalue weighted by Gasteiger charge is 2.21. The van der Waals surface area contributed by atoms with Gasteiger partial charge in [-0.15, -0.1) is 0 Å².